The van der Waals surface area contributed by atoms with Crippen molar-refractivity contribution in [3.63, 3.8) is 0 Å². The molecule has 6 heteroatoms. The first-order valence-corrected chi connectivity index (χ1v) is 6.96. The second-order valence-electron chi connectivity index (χ2n) is 4.69. The Morgan fingerprint density at radius 2 is 1.89 bits per heavy atom. The number of alkyl carbamates (subject to hydrolysis) is 1. The average molecular weight is 366 g/mol. The molecule has 1 aliphatic carbocycles. The van der Waals surface area contributed by atoms with Crippen LogP contribution in [-0.2, 0) is 9.53 Å². The van der Waals surface area contributed by atoms with Gasteiger partial charge in [0.2, 0.25) is 5.91 Å². The van der Waals surface area contributed by atoms with Crippen LogP contribution in [-0.4, -0.2) is 28.7 Å². The van der Waals surface area contributed by atoms with Crippen molar-refractivity contribution in [1.82, 2.24) is 10.6 Å². The third kappa shape index (κ3) is 4.15. The number of alkyl halides is 1. The van der Waals surface area contributed by atoms with Gasteiger partial charge in [-0.2, -0.15) is 0 Å². The van der Waals surface area contributed by atoms with Gasteiger partial charge in [0, 0.05) is 0 Å². The van der Waals surface area contributed by atoms with E-state index < -0.39 is 12.1 Å². The third-order valence-corrected chi connectivity index (χ3v) is 3.96. The van der Waals surface area contributed by atoms with Crippen LogP contribution < -0.4 is 10.6 Å². The second kappa shape index (κ2) is 6.40. The zero-order valence-electron chi connectivity index (χ0n) is 10.8. The summed E-state index contributed by atoms with van der Waals surface area (Å²) in [6, 6.07) is -0.579. The van der Waals surface area contributed by atoms with Crippen molar-refractivity contribution in [3.05, 3.63) is 12.2 Å². The first-order valence-electron chi connectivity index (χ1n) is 5.88. The van der Waals surface area contributed by atoms with E-state index in [2.05, 4.69) is 38.0 Å². The van der Waals surface area contributed by atoms with Crippen LogP contribution >= 0.6 is 22.6 Å². The fourth-order valence-corrected chi connectivity index (χ4v) is 2.52. The van der Waals surface area contributed by atoms with Crippen molar-refractivity contribution >= 4 is 34.6 Å². The Labute approximate surface area is 121 Å². The van der Waals surface area contributed by atoms with Crippen LogP contribution in [0.15, 0.2) is 12.2 Å². The summed E-state index contributed by atoms with van der Waals surface area (Å²) in [6.07, 6.45) is 5.12. The van der Waals surface area contributed by atoms with Gasteiger partial charge in [0.05, 0.1) is 10.7 Å². The van der Waals surface area contributed by atoms with Crippen LogP contribution in [0.2, 0.25) is 0 Å². The molecule has 0 fully saturated rings. The van der Waals surface area contributed by atoms with E-state index in [1.54, 1.807) is 0 Å². The Morgan fingerprint density at radius 3 is 2.33 bits per heavy atom. The highest BCUT2D eigenvalue weighted by atomic mass is 127. The highest BCUT2D eigenvalue weighted by Gasteiger charge is 2.33. The highest BCUT2D eigenvalue weighted by molar-refractivity contribution is 14.1. The first-order chi connectivity index (χ1) is 8.38. The molecule has 0 aromatic rings. The number of ether oxygens (including phenoxy) is 1. The zero-order chi connectivity index (χ0) is 13.8. The quantitative estimate of drug-likeness (QED) is 0.346. The van der Waals surface area contributed by atoms with Gasteiger partial charge in [0.1, 0.15) is 6.04 Å². The van der Waals surface area contributed by atoms with Crippen LogP contribution in [0.4, 0.5) is 4.79 Å². The monoisotopic (exact) mass is 366 g/mol. The topological polar surface area (TPSA) is 67.4 Å². The second-order valence-corrected chi connectivity index (χ2v) is 6.76. The van der Waals surface area contributed by atoms with E-state index in [-0.39, 0.29) is 15.4 Å². The molecule has 0 radical (unpaired) electrons. The summed E-state index contributed by atoms with van der Waals surface area (Å²) in [7, 11) is 1.28. The minimum atomic E-state index is -0.587. The Morgan fingerprint density at radius 1 is 1.33 bits per heavy atom. The maximum atomic E-state index is 12.2. The van der Waals surface area contributed by atoms with Gasteiger partial charge in [-0.1, -0.05) is 48.6 Å². The number of methoxy groups -OCH3 is 1. The van der Waals surface area contributed by atoms with Gasteiger partial charge < -0.3 is 15.4 Å². The molecule has 2 amide bonds. The lowest BCUT2D eigenvalue weighted by Gasteiger charge is -2.28. The molecular weight excluding hydrogens is 347 g/mol. The molecule has 0 saturated carbocycles. The number of carbonyl (C=O) groups excluding carboxylic acids is 2. The number of rotatable bonds is 4. The van der Waals surface area contributed by atoms with Gasteiger partial charge >= 0.3 is 6.09 Å². The summed E-state index contributed by atoms with van der Waals surface area (Å²) < 4.78 is 4.27. The summed E-state index contributed by atoms with van der Waals surface area (Å²) in [5.74, 6) is -0.174. The lowest BCUT2D eigenvalue weighted by molar-refractivity contribution is -0.124. The number of nitrogens with one attached hydrogen (secondary N) is 2. The molecule has 0 aliphatic heterocycles. The predicted molar refractivity (Wildman–Crippen MR) is 77.4 cm³/mol. The maximum Gasteiger partial charge on any atom is 0.407 e. The lowest BCUT2D eigenvalue weighted by atomic mass is 10.0. The number of amides is 2. The molecule has 0 bridgehead atoms. The zero-order valence-corrected chi connectivity index (χ0v) is 13.0. The molecule has 1 atom stereocenters. The molecular formula is C12H19IN2O3. The predicted octanol–water partition coefficient (Wildman–Crippen LogP) is 1.96. The van der Waals surface area contributed by atoms with Gasteiger partial charge in [-0.3, -0.25) is 4.79 Å². The minimum absolute atomic E-state index is 0.00142. The normalized spacial score (nSPS) is 18.5. The maximum absolute atomic E-state index is 12.2. The van der Waals surface area contributed by atoms with Crippen LogP contribution in [0.3, 0.4) is 0 Å². The van der Waals surface area contributed by atoms with Crippen molar-refractivity contribution in [2.75, 3.05) is 7.11 Å². The fraction of sp³-hybridized carbons (Fsp3) is 0.667. The van der Waals surface area contributed by atoms with E-state index in [0.717, 1.165) is 12.8 Å². The molecule has 5 nitrogen and oxygen atoms in total. The summed E-state index contributed by atoms with van der Waals surface area (Å²) >= 11 is 2.24. The Balaban J connectivity index is 2.62. The minimum Gasteiger partial charge on any atom is -0.453 e. The molecule has 0 heterocycles. The molecule has 0 aromatic carbocycles. The fourth-order valence-electron chi connectivity index (χ4n) is 1.75. The molecule has 2 N–H and O–H groups in total. The largest absolute Gasteiger partial charge is 0.453 e. The molecule has 1 rings (SSSR count). The number of halogens is 1. The standard InChI is InChI=1S/C12H19IN2O3/c1-8(2)9(14-11(17)18-3)10(16)15-12(13)6-4-5-7-12/h4-5,8-9H,6-7H2,1-3H3,(H,14,17)(H,15,16)/t9-/m1/s1. The number of hydrogen-bond acceptors (Lipinski definition) is 3. The Kier molecular flexibility index (Phi) is 5.43. The molecule has 18 heavy (non-hydrogen) atoms. The SMILES string of the molecule is COC(=O)N[C@@H](C(=O)NC1(I)CC=CC1)C(C)C. The van der Waals surface area contributed by atoms with Crippen LogP contribution in [0.1, 0.15) is 26.7 Å². The van der Waals surface area contributed by atoms with E-state index in [1.807, 2.05) is 26.0 Å². The summed E-state index contributed by atoms with van der Waals surface area (Å²) in [5.41, 5.74) is 0. The van der Waals surface area contributed by atoms with Gasteiger partial charge in [-0.25, -0.2) is 4.79 Å². The number of hydrogen-bond donors (Lipinski definition) is 2. The van der Waals surface area contributed by atoms with Crippen molar-refractivity contribution < 1.29 is 14.3 Å². The van der Waals surface area contributed by atoms with E-state index in [9.17, 15) is 9.59 Å². The van der Waals surface area contributed by atoms with Crippen LogP contribution in [0, 0.1) is 5.92 Å². The van der Waals surface area contributed by atoms with Crippen LogP contribution in [0.25, 0.3) is 0 Å². The lowest BCUT2D eigenvalue weighted by Crippen LogP contribution is -2.54. The van der Waals surface area contributed by atoms with E-state index in [0.29, 0.717) is 0 Å². The summed E-state index contributed by atoms with van der Waals surface area (Å²) in [6.45, 7) is 3.76. The van der Waals surface area contributed by atoms with Crippen molar-refractivity contribution in [3.8, 4) is 0 Å². The van der Waals surface area contributed by atoms with Crippen molar-refractivity contribution in [2.45, 2.75) is 36.3 Å². The Hall–Kier alpha value is -0.790. The van der Waals surface area contributed by atoms with Crippen molar-refractivity contribution in [2.24, 2.45) is 5.92 Å². The summed E-state index contributed by atoms with van der Waals surface area (Å²) in [4.78, 5) is 23.4. The first kappa shape index (κ1) is 15.3. The molecule has 0 spiro atoms. The van der Waals surface area contributed by atoms with E-state index >= 15 is 0 Å². The van der Waals surface area contributed by atoms with Gasteiger partial charge in [0.15, 0.2) is 0 Å². The molecule has 0 unspecified atom stereocenters. The summed E-state index contributed by atoms with van der Waals surface area (Å²) in [5, 5.41) is 5.54. The van der Waals surface area contributed by atoms with E-state index in [4.69, 9.17) is 0 Å². The number of carbonyl (C=O) groups is 2. The smallest absolute Gasteiger partial charge is 0.407 e. The third-order valence-electron chi connectivity index (χ3n) is 2.80. The average Bonchev–Trinajstić information content (AvgIpc) is 2.71. The highest BCUT2D eigenvalue weighted by Crippen LogP contribution is 2.30. The van der Waals surface area contributed by atoms with Gasteiger partial charge in [0.25, 0.3) is 0 Å². The molecule has 0 aromatic heterocycles. The van der Waals surface area contributed by atoms with Crippen LogP contribution in [0.5, 0.6) is 0 Å². The van der Waals surface area contributed by atoms with Gasteiger partial charge in [-0.15, -0.1) is 0 Å². The molecule has 0 saturated heterocycles. The Bertz CT molecular complexity index is 347. The van der Waals surface area contributed by atoms with E-state index in [1.165, 1.54) is 7.11 Å². The van der Waals surface area contributed by atoms with Crippen molar-refractivity contribution in [1.29, 1.82) is 0 Å². The molecule has 102 valence electrons. The molecule has 1 aliphatic rings. The van der Waals surface area contributed by atoms with Gasteiger partial charge in [-0.05, 0) is 18.8 Å².